The largest absolute Gasteiger partial charge is 0.325 e. The number of nitrogens with zero attached hydrogens (tertiary/aromatic N) is 1. The van der Waals surface area contributed by atoms with Crippen molar-refractivity contribution >= 4 is 38.9 Å². The highest BCUT2D eigenvalue weighted by atomic mass is 35.5. The molecule has 3 aromatic carbocycles. The van der Waals surface area contributed by atoms with Gasteiger partial charge in [0.15, 0.2) is 0 Å². The van der Waals surface area contributed by atoms with E-state index in [9.17, 15) is 13.2 Å². The van der Waals surface area contributed by atoms with Crippen LogP contribution >= 0.6 is 11.6 Å². The number of nitrogens with one attached hydrogen (secondary N) is 1. The van der Waals surface area contributed by atoms with Crippen LogP contribution in [0.3, 0.4) is 0 Å². The molecule has 0 fully saturated rings. The van der Waals surface area contributed by atoms with E-state index in [1.54, 1.807) is 49.4 Å². The Morgan fingerprint density at radius 1 is 0.966 bits per heavy atom. The number of rotatable bonds is 6. The van der Waals surface area contributed by atoms with Crippen molar-refractivity contribution in [3.8, 4) is 0 Å². The lowest BCUT2D eigenvalue weighted by molar-refractivity contribution is -0.114. The summed E-state index contributed by atoms with van der Waals surface area (Å²) in [6.07, 6.45) is 0. The van der Waals surface area contributed by atoms with Crippen LogP contribution < -0.4 is 9.62 Å². The number of hydrogen-bond acceptors (Lipinski definition) is 3. The molecule has 0 bridgehead atoms. The maximum absolute atomic E-state index is 13.3. The van der Waals surface area contributed by atoms with Gasteiger partial charge in [0.05, 0.1) is 10.6 Å². The molecule has 0 aromatic heterocycles. The SMILES string of the molecule is Cc1cccc(NC(=O)CN(c2cc(Cl)ccc2C)S(=O)(=O)c2ccccc2)c1. The highest BCUT2D eigenvalue weighted by Crippen LogP contribution is 2.29. The van der Waals surface area contributed by atoms with E-state index in [-0.39, 0.29) is 11.4 Å². The molecule has 1 amide bonds. The summed E-state index contributed by atoms with van der Waals surface area (Å²) >= 11 is 6.12. The van der Waals surface area contributed by atoms with Gasteiger partial charge in [-0.1, -0.05) is 48.0 Å². The van der Waals surface area contributed by atoms with Crippen LogP contribution in [0, 0.1) is 13.8 Å². The van der Waals surface area contributed by atoms with Crippen LogP contribution in [-0.2, 0) is 14.8 Å². The molecule has 3 rings (SSSR count). The maximum atomic E-state index is 13.3. The highest BCUT2D eigenvalue weighted by molar-refractivity contribution is 7.92. The molecule has 0 atom stereocenters. The average Bonchev–Trinajstić information content (AvgIpc) is 2.69. The van der Waals surface area contributed by atoms with Crippen LogP contribution in [-0.4, -0.2) is 20.9 Å². The molecule has 3 aromatic rings. The number of amides is 1. The minimum atomic E-state index is -3.98. The van der Waals surface area contributed by atoms with Gasteiger partial charge >= 0.3 is 0 Å². The minimum absolute atomic E-state index is 0.0998. The average molecular weight is 429 g/mol. The van der Waals surface area contributed by atoms with Crippen molar-refractivity contribution in [2.75, 3.05) is 16.2 Å². The first-order valence-electron chi connectivity index (χ1n) is 8.98. The van der Waals surface area contributed by atoms with Gasteiger partial charge in [0, 0.05) is 10.7 Å². The van der Waals surface area contributed by atoms with Gasteiger partial charge in [-0.2, -0.15) is 0 Å². The number of hydrogen-bond donors (Lipinski definition) is 1. The molecular weight excluding hydrogens is 408 g/mol. The summed E-state index contributed by atoms with van der Waals surface area (Å²) in [5, 5.41) is 3.15. The van der Waals surface area contributed by atoms with E-state index in [4.69, 9.17) is 11.6 Å². The van der Waals surface area contributed by atoms with Gasteiger partial charge in [0.2, 0.25) is 5.91 Å². The zero-order valence-electron chi connectivity index (χ0n) is 16.1. The molecule has 0 spiro atoms. The van der Waals surface area contributed by atoms with Gasteiger partial charge in [0.25, 0.3) is 10.0 Å². The third kappa shape index (κ3) is 4.96. The Labute approximate surface area is 176 Å². The Hall–Kier alpha value is -2.83. The molecule has 0 aliphatic heterocycles. The quantitative estimate of drug-likeness (QED) is 0.613. The minimum Gasteiger partial charge on any atom is -0.325 e. The first-order chi connectivity index (χ1) is 13.8. The summed E-state index contributed by atoms with van der Waals surface area (Å²) in [6, 6.07) is 20.3. The molecule has 0 heterocycles. The molecule has 0 aliphatic rings. The summed E-state index contributed by atoms with van der Waals surface area (Å²) in [5.41, 5.74) is 2.65. The van der Waals surface area contributed by atoms with E-state index in [0.717, 1.165) is 9.87 Å². The first kappa shape index (κ1) is 20.9. The Balaban J connectivity index is 1.99. The van der Waals surface area contributed by atoms with Gasteiger partial charge in [-0.05, 0) is 61.4 Å². The van der Waals surface area contributed by atoms with Crippen molar-refractivity contribution in [1.82, 2.24) is 0 Å². The number of carbonyl (C=O) groups excluding carboxylic acids is 1. The maximum Gasteiger partial charge on any atom is 0.264 e. The molecule has 150 valence electrons. The lowest BCUT2D eigenvalue weighted by Gasteiger charge is -2.26. The van der Waals surface area contributed by atoms with Crippen molar-refractivity contribution in [3.05, 3.63) is 88.9 Å². The molecule has 7 heteroatoms. The summed E-state index contributed by atoms with van der Waals surface area (Å²) in [6.45, 7) is 3.31. The lowest BCUT2D eigenvalue weighted by Crippen LogP contribution is -2.38. The molecular formula is C22H21ClN2O3S. The van der Waals surface area contributed by atoms with Crippen LogP contribution in [0.4, 0.5) is 11.4 Å². The summed E-state index contributed by atoms with van der Waals surface area (Å²) in [4.78, 5) is 12.8. The third-order valence-electron chi connectivity index (χ3n) is 4.36. The molecule has 0 saturated heterocycles. The predicted molar refractivity (Wildman–Crippen MR) is 117 cm³/mol. The van der Waals surface area contributed by atoms with E-state index >= 15 is 0 Å². The fourth-order valence-corrected chi connectivity index (χ4v) is 4.59. The standard InChI is InChI=1S/C22H21ClN2O3S/c1-16-7-6-8-19(13-16)24-22(26)15-25(21-14-18(23)12-11-17(21)2)29(27,28)20-9-4-3-5-10-20/h3-14H,15H2,1-2H3,(H,24,26). The molecule has 0 radical (unpaired) electrons. The number of aryl methyl sites for hydroxylation is 2. The number of carbonyl (C=O) groups is 1. The van der Waals surface area contributed by atoms with Crippen molar-refractivity contribution in [2.45, 2.75) is 18.7 Å². The van der Waals surface area contributed by atoms with Crippen molar-refractivity contribution in [1.29, 1.82) is 0 Å². The Morgan fingerprint density at radius 3 is 2.38 bits per heavy atom. The second-order valence-corrected chi connectivity index (χ2v) is 8.97. The topological polar surface area (TPSA) is 66.5 Å². The first-order valence-corrected chi connectivity index (χ1v) is 10.8. The number of anilines is 2. The summed E-state index contributed by atoms with van der Waals surface area (Å²) in [7, 11) is -3.98. The van der Waals surface area contributed by atoms with E-state index < -0.39 is 15.9 Å². The zero-order chi connectivity index (χ0) is 21.0. The van der Waals surface area contributed by atoms with Gasteiger partial charge < -0.3 is 5.32 Å². The smallest absolute Gasteiger partial charge is 0.264 e. The summed E-state index contributed by atoms with van der Waals surface area (Å²) < 4.78 is 27.8. The third-order valence-corrected chi connectivity index (χ3v) is 6.37. The molecule has 0 aliphatic carbocycles. The second-order valence-electron chi connectivity index (χ2n) is 6.67. The van der Waals surface area contributed by atoms with E-state index in [1.165, 1.54) is 12.1 Å². The second kappa shape index (κ2) is 8.68. The molecule has 0 unspecified atom stereocenters. The Bertz CT molecular complexity index is 1130. The van der Waals surface area contributed by atoms with Crippen LogP contribution in [0.2, 0.25) is 5.02 Å². The van der Waals surface area contributed by atoms with Gasteiger partial charge in [-0.15, -0.1) is 0 Å². The fraction of sp³-hybridized carbons (Fsp3) is 0.136. The van der Waals surface area contributed by atoms with E-state index in [1.807, 2.05) is 25.1 Å². The lowest BCUT2D eigenvalue weighted by atomic mass is 10.2. The Morgan fingerprint density at radius 2 is 1.69 bits per heavy atom. The van der Waals surface area contributed by atoms with Gasteiger partial charge in [-0.25, -0.2) is 8.42 Å². The van der Waals surface area contributed by atoms with Crippen LogP contribution in [0.1, 0.15) is 11.1 Å². The predicted octanol–water partition coefficient (Wildman–Crippen LogP) is 4.79. The van der Waals surface area contributed by atoms with Crippen molar-refractivity contribution < 1.29 is 13.2 Å². The monoisotopic (exact) mass is 428 g/mol. The number of sulfonamides is 1. The number of benzene rings is 3. The molecule has 0 saturated carbocycles. The van der Waals surface area contributed by atoms with Gasteiger partial charge in [-0.3, -0.25) is 9.10 Å². The van der Waals surface area contributed by atoms with Crippen LogP contribution in [0.5, 0.6) is 0 Å². The zero-order valence-corrected chi connectivity index (χ0v) is 17.7. The molecule has 29 heavy (non-hydrogen) atoms. The van der Waals surface area contributed by atoms with Crippen molar-refractivity contribution in [3.63, 3.8) is 0 Å². The molecule has 5 nitrogen and oxygen atoms in total. The fourth-order valence-electron chi connectivity index (χ4n) is 2.92. The van der Waals surface area contributed by atoms with Crippen LogP contribution in [0.15, 0.2) is 77.7 Å². The number of halogens is 1. The van der Waals surface area contributed by atoms with Crippen LogP contribution in [0.25, 0.3) is 0 Å². The van der Waals surface area contributed by atoms with E-state index in [2.05, 4.69) is 5.32 Å². The van der Waals surface area contributed by atoms with E-state index in [0.29, 0.717) is 22.0 Å². The van der Waals surface area contributed by atoms with Crippen molar-refractivity contribution in [2.24, 2.45) is 0 Å². The Kier molecular flexibility index (Phi) is 6.25. The normalized spacial score (nSPS) is 11.1. The molecule has 1 N–H and O–H groups in total. The highest BCUT2D eigenvalue weighted by Gasteiger charge is 2.28. The summed E-state index contributed by atoms with van der Waals surface area (Å²) in [5.74, 6) is -0.450. The van der Waals surface area contributed by atoms with Gasteiger partial charge in [0.1, 0.15) is 6.54 Å².